The Morgan fingerprint density at radius 1 is 0.878 bits per heavy atom. The predicted molar refractivity (Wildman–Crippen MR) is 166 cm³/mol. The summed E-state index contributed by atoms with van der Waals surface area (Å²) in [5.74, 6) is -0.944. The summed E-state index contributed by atoms with van der Waals surface area (Å²) in [5, 5.41) is 4.27. The molecule has 220 valence electrons. The fourth-order valence-corrected chi connectivity index (χ4v) is 6.34. The number of nitrogens with zero attached hydrogens (tertiary/aromatic N) is 2. The number of amides is 2. The van der Waals surface area contributed by atoms with Crippen LogP contribution >= 0.6 is 46.4 Å². The van der Waals surface area contributed by atoms with Gasteiger partial charge in [-0.05, 0) is 73.0 Å². The number of carbonyl (C=O) groups excluding carboxylic acids is 2. The van der Waals surface area contributed by atoms with Gasteiger partial charge in [0.15, 0.2) is 0 Å². The van der Waals surface area contributed by atoms with Crippen LogP contribution in [0.15, 0.2) is 71.6 Å². The second-order valence-electron chi connectivity index (χ2n) is 9.27. The van der Waals surface area contributed by atoms with Gasteiger partial charge >= 0.3 is 0 Å². The van der Waals surface area contributed by atoms with Gasteiger partial charge in [0.2, 0.25) is 11.8 Å². The topological polar surface area (TPSA) is 86.8 Å². The minimum atomic E-state index is -4.25. The molecule has 0 aromatic heterocycles. The maximum Gasteiger partial charge on any atom is 0.264 e. The number of nitrogens with one attached hydrogen (secondary N) is 1. The van der Waals surface area contributed by atoms with Gasteiger partial charge in [-0.3, -0.25) is 13.9 Å². The molecule has 0 unspecified atom stereocenters. The minimum Gasteiger partial charge on any atom is -0.354 e. The van der Waals surface area contributed by atoms with Crippen LogP contribution in [-0.2, 0) is 26.2 Å². The molecule has 1 atom stereocenters. The van der Waals surface area contributed by atoms with E-state index in [1.165, 1.54) is 35.2 Å². The number of hydrogen-bond donors (Lipinski definition) is 1. The standard InChI is InChI=1S/C29H31Cl4N3O4S/c1-3-5-15-34-29(38)27(4-2)35(18-20-9-10-23(32)17-26(20)33)28(37)19-36(24-8-6-7-22(31)16-24)41(39,40)25-13-11-21(30)12-14-25/h6-14,16-17,27H,3-5,15,18-19H2,1-2H3,(H,34,38)/t27-/m0/s1. The molecule has 0 radical (unpaired) electrons. The van der Waals surface area contributed by atoms with Gasteiger partial charge in [0.05, 0.1) is 10.6 Å². The van der Waals surface area contributed by atoms with Gasteiger partial charge in [0, 0.05) is 33.2 Å². The van der Waals surface area contributed by atoms with E-state index in [0.717, 1.165) is 17.1 Å². The Morgan fingerprint density at radius 2 is 1.54 bits per heavy atom. The van der Waals surface area contributed by atoms with Crippen molar-refractivity contribution in [3.8, 4) is 0 Å². The van der Waals surface area contributed by atoms with Gasteiger partial charge < -0.3 is 10.2 Å². The van der Waals surface area contributed by atoms with Crippen LogP contribution in [0.2, 0.25) is 20.1 Å². The van der Waals surface area contributed by atoms with Crippen LogP contribution in [0.25, 0.3) is 0 Å². The summed E-state index contributed by atoms with van der Waals surface area (Å²) in [7, 11) is -4.25. The Kier molecular flexibility index (Phi) is 12.2. The molecule has 7 nitrogen and oxygen atoms in total. The molecule has 3 rings (SSSR count). The van der Waals surface area contributed by atoms with Gasteiger partial charge in [-0.1, -0.05) is 78.8 Å². The SMILES string of the molecule is CCCCNC(=O)[C@H](CC)N(Cc1ccc(Cl)cc1Cl)C(=O)CN(c1cccc(Cl)c1)S(=O)(=O)c1ccc(Cl)cc1. The maximum absolute atomic E-state index is 14.1. The molecule has 0 aliphatic heterocycles. The molecule has 0 spiro atoms. The van der Waals surface area contributed by atoms with E-state index in [2.05, 4.69) is 5.32 Å². The summed E-state index contributed by atoms with van der Waals surface area (Å²) in [6.07, 6.45) is 1.95. The zero-order valence-electron chi connectivity index (χ0n) is 22.6. The summed E-state index contributed by atoms with van der Waals surface area (Å²) in [6, 6.07) is 15.8. The Morgan fingerprint density at radius 3 is 2.15 bits per heavy atom. The third-order valence-electron chi connectivity index (χ3n) is 6.35. The first-order chi connectivity index (χ1) is 19.5. The Bertz CT molecular complexity index is 1470. The number of sulfonamides is 1. The van der Waals surface area contributed by atoms with Crippen LogP contribution in [0.5, 0.6) is 0 Å². The molecule has 1 N–H and O–H groups in total. The van der Waals surface area contributed by atoms with Crippen molar-refractivity contribution in [2.24, 2.45) is 0 Å². The van der Waals surface area contributed by atoms with Crippen molar-refractivity contribution in [3.63, 3.8) is 0 Å². The number of anilines is 1. The molecule has 0 heterocycles. The normalized spacial score (nSPS) is 12.0. The summed E-state index contributed by atoms with van der Waals surface area (Å²) in [6.45, 7) is 3.60. The molecule has 0 aliphatic rings. The van der Waals surface area contributed by atoms with E-state index < -0.39 is 28.5 Å². The fourth-order valence-electron chi connectivity index (χ4n) is 4.15. The predicted octanol–water partition coefficient (Wildman–Crippen LogP) is 7.22. The third kappa shape index (κ3) is 8.75. The van der Waals surface area contributed by atoms with E-state index >= 15 is 0 Å². The molecule has 3 aromatic rings. The molecule has 0 aliphatic carbocycles. The average molecular weight is 659 g/mol. The second kappa shape index (κ2) is 15.1. The van der Waals surface area contributed by atoms with E-state index in [1.54, 1.807) is 43.3 Å². The number of hydrogen-bond acceptors (Lipinski definition) is 4. The second-order valence-corrected chi connectivity index (χ2v) is 12.9. The highest BCUT2D eigenvalue weighted by molar-refractivity contribution is 7.92. The van der Waals surface area contributed by atoms with Crippen LogP contribution in [0.1, 0.15) is 38.7 Å². The van der Waals surface area contributed by atoms with Crippen molar-refractivity contribution in [1.29, 1.82) is 0 Å². The van der Waals surface area contributed by atoms with E-state index in [-0.39, 0.29) is 34.5 Å². The van der Waals surface area contributed by atoms with Gasteiger partial charge in [-0.2, -0.15) is 0 Å². The molecule has 0 bridgehead atoms. The van der Waals surface area contributed by atoms with Gasteiger partial charge in [-0.15, -0.1) is 0 Å². The van der Waals surface area contributed by atoms with Crippen molar-refractivity contribution in [1.82, 2.24) is 10.2 Å². The van der Waals surface area contributed by atoms with Crippen molar-refractivity contribution >= 4 is 73.9 Å². The highest BCUT2D eigenvalue weighted by Gasteiger charge is 2.34. The molecule has 0 saturated carbocycles. The molecule has 3 aromatic carbocycles. The van der Waals surface area contributed by atoms with E-state index in [9.17, 15) is 18.0 Å². The molecule has 0 fully saturated rings. The summed E-state index contributed by atoms with van der Waals surface area (Å²) in [5.41, 5.74) is 0.741. The van der Waals surface area contributed by atoms with E-state index in [4.69, 9.17) is 46.4 Å². The molecule has 0 saturated heterocycles. The van der Waals surface area contributed by atoms with Crippen LogP contribution in [-0.4, -0.2) is 44.3 Å². The zero-order valence-corrected chi connectivity index (χ0v) is 26.5. The summed E-state index contributed by atoms with van der Waals surface area (Å²) < 4.78 is 28.7. The number of rotatable bonds is 13. The van der Waals surface area contributed by atoms with Crippen LogP contribution in [0.4, 0.5) is 5.69 Å². The average Bonchev–Trinajstić information content (AvgIpc) is 2.93. The van der Waals surface area contributed by atoms with E-state index in [1.807, 2.05) is 6.92 Å². The lowest BCUT2D eigenvalue weighted by Gasteiger charge is -2.33. The number of carbonyl (C=O) groups is 2. The van der Waals surface area contributed by atoms with Crippen molar-refractivity contribution in [3.05, 3.63) is 92.4 Å². The van der Waals surface area contributed by atoms with Crippen molar-refractivity contribution in [2.75, 3.05) is 17.4 Å². The van der Waals surface area contributed by atoms with Crippen LogP contribution in [0.3, 0.4) is 0 Å². The first kappa shape index (κ1) is 33.0. The smallest absolute Gasteiger partial charge is 0.264 e. The first-order valence-corrected chi connectivity index (χ1v) is 16.0. The summed E-state index contributed by atoms with van der Waals surface area (Å²) >= 11 is 24.7. The van der Waals surface area contributed by atoms with Crippen molar-refractivity contribution in [2.45, 2.75) is 50.6 Å². The lowest BCUT2D eigenvalue weighted by Crippen LogP contribution is -2.52. The third-order valence-corrected chi connectivity index (χ3v) is 9.21. The van der Waals surface area contributed by atoms with Crippen LogP contribution in [0, 0.1) is 0 Å². The monoisotopic (exact) mass is 657 g/mol. The van der Waals surface area contributed by atoms with Crippen LogP contribution < -0.4 is 9.62 Å². The summed E-state index contributed by atoms with van der Waals surface area (Å²) in [4.78, 5) is 28.6. The maximum atomic E-state index is 14.1. The number of benzene rings is 3. The molecular weight excluding hydrogens is 628 g/mol. The van der Waals surface area contributed by atoms with Gasteiger partial charge in [-0.25, -0.2) is 8.42 Å². The molecule has 2 amide bonds. The Hall–Kier alpha value is -2.49. The van der Waals surface area contributed by atoms with Crippen molar-refractivity contribution < 1.29 is 18.0 Å². The molecule has 41 heavy (non-hydrogen) atoms. The largest absolute Gasteiger partial charge is 0.354 e. The fraction of sp³-hybridized carbons (Fsp3) is 0.310. The lowest BCUT2D eigenvalue weighted by molar-refractivity contribution is -0.140. The highest BCUT2D eigenvalue weighted by atomic mass is 35.5. The number of halogens is 4. The molecule has 12 heteroatoms. The lowest BCUT2D eigenvalue weighted by atomic mass is 10.1. The quantitative estimate of drug-likeness (QED) is 0.197. The Balaban J connectivity index is 2.06. The Labute approximate surface area is 261 Å². The van der Waals surface area contributed by atoms with Gasteiger partial charge in [0.1, 0.15) is 12.6 Å². The first-order valence-electron chi connectivity index (χ1n) is 13.0. The zero-order chi connectivity index (χ0) is 30.2. The van der Waals surface area contributed by atoms with E-state index in [0.29, 0.717) is 27.2 Å². The number of unbranched alkanes of at least 4 members (excludes halogenated alkanes) is 1. The highest BCUT2D eigenvalue weighted by Crippen LogP contribution is 2.28. The molecular formula is C29H31Cl4N3O4S. The van der Waals surface area contributed by atoms with Gasteiger partial charge in [0.25, 0.3) is 10.0 Å². The minimum absolute atomic E-state index is 0.0427.